The first-order valence-electron chi connectivity index (χ1n) is 5.84. The molecule has 0 aliphatic rings. The van der Waals surface area contributed by atoms with Gasteiger partial charge in [0.15, 0.2) is 0 Å². The molecule has 0 unspecified atom stereocenters. The van der Waals surface area contributed by atoms with Gasteiger partial charge >= 0.3 is 0 Å². The van der Waals surface area contributed by atoms with Gasteiger partial charge in [-0.3, -0.25) is 0 Å². The summed E-state index contributed by atoms with van der Waals surface area (Å²) in [6, 6.07) is 5.57. The molecule has 3 rings (SSSR count). The van der Waals surface area contributed by atoms with Gasteiger partial charge in [0.2, 0.25) is 11.8 Å². The van der Waals surface area contributed by atoms with Crippen LogP contribution in [0.15, 0.2) is 28.8 Å². The number of hydrogen-bond donors (Lipinski definition) is 1. The molecule has 3 aromatic rings. The molecule has 0 atom stereocenters. The van der Waals surface area contributed by atoms with E-state index < -0.39 is 0 Å². The number of nitrogens with zero attached hydrogens (tertiary/aromatic N) is 3. The Labute approximate surface area is 114 Å². The fourth-order valence-corrected chi connectivity index (χ4v) is 2.31. The van der Waals surface area contributed by atoms with Crippen LogP contribution in [0.3, 0.4) is 0 Å². The highest BCUT2D eigenvalue weighted by Gasteiger charge is 2.11. The molecule has 2 heterocycles. The van der Waals surface area contributed by atoms with E-state index in [0.29, 0.717) is 23.3 Å². The molecule has 19 heavy (non-hydrogen) atoms. The maximum Gasteiger partial charge on any atom is 0.236 e. The van der Waals surface area contributed by atoms with Crippen LogP contribution in [0.2, 0.25) is 5.02 Å². The second kappa shape index (κ2) is 4.68. The fourth-order valence-electron chi connectivity index (χ4n) is 2.15. The second-order valence-electron chi connectivity index (χ2n) is 4.32. The normalized spacial score (nSPS) is 11.3. The summed E-state index contributed by atoms with van der Waals surface area (Å²) in [5.74, 6) is 1.06. The molecule has 1 N–H and O–H groups in total. The van der Waals surface area contributed by atoms with Gasteiger partial charge in [0, 0.05) is 29.1 Å². The largest absolute Gasteiger partial charge is 0.424 e. The molecular formula is C13H12ClN3O2. The Morgan fingerprint density at radius 1 is 1.37 bits per heavy atom. The van der Waals surface area contributed by atoms with Gasteiger partial charge in [0.25, 0.3) is 0 Å². The lowest BCUT2D eigenvalue weighted by molar-refractivity contribution is 0.283. The first-order valence-corrected chi connectivity index (χ1v) is 6.22. The quantitative estimate of drug-likeness (QED) is 0.799. The summed E-state index contributed by atoms with van der Waals surface area (Å²) in [4.78, 5) is 0. The van der Waals surface area contributed by atoms with E-state index in [1.54, 1.807) is 6.92 Å². The van der Waals surface area contributed by atoms with E-state index in [4.69, 9.17) is 16.0 Å². The molecule has 0 aliphatic heterocycles. The summed E-state index contributed by atoms with van der Waals surface area (Å²) in [5.41, 5.74) is 1.79. The van der Waals surface area contributed by atoms with Gasteiger partial charge in [-0.25, -0.2) is 0 Å². The molecule has 5 nitrogen and oxygen atoms in total. The van der Waals surface area contributed by atoms with Gasteiger partial charge in [-0.15, -0.1) is 10.2 Å². The van der Waals surface area contributed by atoms with Crippen molar-refractivity contribution in [3.05, 3.63) is 46.8 Å². The number of hydrogen-bond acceptors (Lipinski definition) is 4. The van der Waals surface area contributed by atoms with E-state index in [2.05, 4.69) is 10.2 Å². The van der Waals surface area contributed by atoms with Crippen LogP contribution in [0.4, 0.5) is 0 Å². The van der Waals surface area contributed by atoms with Crippen molar-refractivity contribution in [1.82, 2.24) is 14.8 Å². The third-order valence-corrected chi connectivity index (χ3v) is 3.21. The zero-order valence-electron chi connectivity index (χ0n) is 10.3. The van der Waals surface area contributed by atoms with Gasteiger partial charge in [-0.2, -0.15) is 0 Å². The summed E-state index contributed by atoms with van der Waals surface area (Å²) >= 11 is 6.02. The number of aromatic nitrogens is 3. The number of aliphatic hydroxyl groups is 1. The topological polar surface area (TPSA) is 64.1 Å². The number of fused-ring (bicyclic) bond motifs is 1. The highest BCUT2D eigenvalue weighted by atomic mass is 35.5. The van der Waals surface area contributed by atoms with Crippen LogP contribution in [0.5, 0.6) is 0 Å². The Morgan fingerprint density at radius 3 is 2.89 bits per heavy atom. The first kappa shape index (κ1) is 12.2. The molecule has 0 amide bonds. The van der Waals surface area contributed by atoms with Crippen molar-refractivity contribution >= 4 is 22.5 Å². The summed E-state index contributed by atoms with van der Waals surface area (Å²) in [7, 11) is 0. The molecule has 0 bridgehead atoms. The number of halogens is 1. The SMILES string of the molecule is Cc1nnc(Cn2cc(CO)c3ccc(Cl)cc32)o1. The monoisotopic (exact) mass is 277 g/mol. The Bertz CT molecular complexity index is 733. The molecule has 0 spiro atoms. The molecule has 6 heteroatoms. The Morgan fingerprint density at radius 2 is 2.21 bits per heavy atom. The van der Waals surface area contributed by atoms with Gasteiger partial charge in [0.05, 0.1) is 12.1 Å². The van der Waals surface area contributed by atoms with E-state index in [-0.39, 0.29) is 6.61 Å². The van der Waals surface area contributed by atoms with Crippen molar-refractivity contribution in [1.29, 1.82) is 0 Å². The minimum Gasteiger partial charge on any atom is -0.424 e. The zero-order chi connectivity index (χ0) is 13.4. The van der Waals surface area contributed by atoms with Gasteiger partial charge in [0.1, 0.15) is 6.54 Å². The minimum atomic E-state index is -0.0198. The molecule has 1 aromatic carbocycles. The Kier molecular flexibility index (Phi) is 3.00. The maximum atomic E-state index is 9.39. The molecule has 0 aliphatic carbocycles. The first-order chi connectivity index (χ1) is 9.17. The summed E-state index contributed by atoms with van der Waals surface area (Å²) < 4.78 is 7.32. The molecule has 98 valence electrons. The standard InChI is InChI=1S/C13H12ClN3O2/c1-8-15-16-13(19-8)6-17-5-9(7-18)11-3-2-10(14)4-12(11)17/h2-5,18H,6-7H2,1H3. The van der Waals surface area contributed by atoms with Crippen LogP contribution in [-0.4, -0.2) is 19.9 Å². The maximum absolute atomic E-state index is 9.39. The van der Waals surface area contributed by atoms with E-state index in [9.17, 15) is 5.11 Å². The van der Waals surface area contributed by atoms with Gasteiger partial charge in [-0.05, 0) is 12.1 Å². The molecular weight excluding hydrogens is 266 g/mol. The summed E-state index contributed by atoms with van der Waals surface area (Å²) in [6.45, 7) is 2.19. The number of aryl methyl sites for hydroxylation is 1. The van der Waals surface area contributed by atoms with Crippen molar-refractivity contribution in [2.75, 3.05) is 0 Å². The van der Waals surface area contributed by atoms with Crippen LogP contribution in [0.25, 0.3) is 10.9 Å². The van der Waals surface area contributed by atoms with Crippen LogP contribution in [0.1, 0.15) is 17.3 Å². The van der Waals surface area contributed by atoms with E-state index in [1.165, 1.54) is 0 Å². The van der Waals surface area contributed by atoms with Crippen LogP contribution < -0.4 is 0 Å². The number of benzene rings is 1. The van der Waals surface area contributed by atoms with Crippen molar-refractivity contribution < 1.29 is 9.52 Å². The fraction of sp³-hybridized carbons (Fsp3) is 0.231. The Hall–Kier alpha value is -1.85. The van der Waals surface area contributed by atoms with E-state index in [0.717, 1.165) is 16.5 Å². The predicted molar refractivity (Wildman–Crippen MR) is 71.0 cm³/mol. The third-order valence-electron chi connectivity index (χ3n) is 2.97. The highest BCUT2D eigenvalue weighted by Crippen LogP contribution is 2.25. The van der Waals surface area contributed by atoms with Crippen molar-refractivity contribution in [3.8, 4) is 0 Å². The zero-order valence-corrected chi connectivity index (χ0v) is 11.1. The van der Waals surface area contributed by atoms with E-state index in [1.807, 2.05) is 29.0 Å². The predicted octanol–water partition coefficient (Wildman–Crippen LogP) is 2.53. The second-order valence-corrected chi connectivity index (χ2v) is 4.75. The number of aliphatic hydroxyl groups excluding tert-OH is 1. The minimum absolute atomic E-state index is 0.0198. The third kappa shape index (κ3) is 2.22. The van der Waals surface area contributed by atoms with Crippen molar-refractivity contribution in [3.63, 3.8) is 0 Å². The molecule has 0 fully saturated rings. The average molecular weight is 278 g/mol. The van der Waals surface area contributed by atoms with Crippen molar-refractivity contribution in [2.24, 2.45) is 0 Å². The molecule has 0 saturated carbocycles. The van der Waals surface area contributed by atoms with Crippen LogP contribution in [-0.2, 0) is 13.2 Å². The summed E-state index contributed by atoms with van der Waals surface area (Å²) in [6.07, 6.45) is 1.88. The summed E-state index contributed by atoms with van der Waals surface area (Å²) in [5, 5.41) is 18.8. The average Bonchev–Trinajstić information content (AvgIpc) is 2.94. The lowest BCUT2D eigenvalue weighted by Crippen LogP contribution is -1.98. The molecule has 0 radical (unpaired) electrons. The van der Waals surface area contributed by atoms with Crippen molar-refractivity contribution in [2.45, 2.75) is 20.1 Å². The molecule has 2 aromatic heterocycles. The van der Waals surface area contributed by atoms with Crippen LogP contribution in [0, 0.1) is 6.92 Å². The van der Waals surface area contributed by atoms with Gasteiger partial charge < -0.3 is 14.1 Å². The van der Waals surface area contributed by atoms with Gasteiger partial charge in [-0.1, -0.05) is 17.7 Å². The highest BCUT2D eigenvalue weighted by molar-refractivity contribution is 6.31. The smallest absolute Gasteiger partial charge is 0.236 e. The Balaban J connectivity index is 2.09. The lowest BCUT2D eigenvalue weighted by atomic mass is 10.2. The molecule has 0 saturated heterocycles. The lowest BCUT2D eigenvalue weighted by Gasteiger charge is -2.01. The number of rotatable bonds is 3. The van der Waals surface area contributed by atoms with Crippen LogP contribution >= 0.6 is 11.6 Å². The van der Waals surface area contributed by atoms with E-state index >= 15 is 0 Å².